The number of rotatable bonds is 6. The molecule has 0 saturated heterocycles. The van der Waals surface area contributed by atoms with Crippen LogP contribution in [0.25, 0.3) is 0 Å². The molecule has 1 heterocycles. The molecule has 0 spiro atoms. The Morgan fingerprint density at radius 2 is 1.84 bits per heavy atom. The average Bonchev–Trinajstić information content (AvgIpc) is 2.74. The minimum absolute atomic E-state index is 0.256. The van der Waals surface area contributed by atoms with Gasteiger partial charge in [0.15, 0.2) is 12.5 Å². The van der Waals surface area contributed by atoms with Crippen LogP contribution in [0.2, 0.25) is 5.02 Å². The minimum Gasteiger partial charge on any atom is -0.494 e. The van der Waals surface area contributed by atoms with E-state index in [1.54, 1.807) is 10.9 Å². The molecular weight excluding hydrogens is 266 g/mol. The molecule has 0 unspecified atom stereocenters. The van der Waals surface area contributed by atoms with Crippen LogP contribution in [-0.2, 0) is 6.73 Å². The molecule has 0 aliphatic rings. The summed E-state index contributed by atoms with van der Waals surface area (Å²) in [6, 6.07) is 7.43. The van der Waals surface area contributed by atoms with Crippen LogP contribution >= 0.6 is 11.6 Å². The molecule has 2 aromatic rings. The fourth-order valence-corrected chi connectivity index (χ4v) is 1.62. The smallest absolute Gasteiger partial charge is 0.181 e. The number of nitrogens with zero attached hydrogens (tertiary/aromatic N) is 2. The lowest BCUT2D eigenvalue weighted by atomic mass is 10.3. The van der Waals surface area contributed by atoms with E-state index in [1.807, 2.05) is 24.3 Å². The van der Waals surface area contributed by atoms with E-state index in [0.29, 0.717) is 17.4 Å². The second-order valence-electron chi connectivity index (χ2n) is 4.00. The predicted octanol–water partition coefficient (Wildman–Crippen LogP) is 2.94. The Bertz CT molecular complexity index is 506. The van der Waals surface area contributed by atoms with Crippen LogP contribution in [0, 0.1) is 0 Å². The molecule has 0 amide bonds. The molecule has 2 N–H and O–H groups in total. The molecule has 5 nitrogen and oxygen atoms in total. The average molecular weight is 282 g/mol. The first kappa shape index (κ1) is 13.5. The largest absolute Gasteiger partial charge is 0.494 e. The highest BCUT2D eigenvalue weighted by atomic mass is 35.5. The van der Waals surface area contributed by atoms with Crippen molar-refractivity contribution >= 4 is 17.4 Å². The van der Waals surface area contributed by atoms with Crippen molar-refractivity contribution in [3.8, 4) is 11.5 Å². The maximum atomic E-state index is 5.80. The summed E-state index contributed by atoms with van der Waals surface area (Å²) in [4.78, 5) is 0. The summed E-state index contributed by atoms with van der Waals surface area (Å²) < 4.78 is 12.6. The van der Waals surface area contributed by atoms with Crippen LogP contribution in [-0.4, -0.2) is 16.4 Å². The van der Waals surface area contributed by atoms with Gasteiger partial charge in [0.05, 0.1) is 6.61 Å². The second kappa shape index (κ2) is 6.33. The molecule has 0 fully saturated rings. The quantitative estimate of drug-likeness (QED) is 0.884. The van der Waals surface area contributed by atoms with Crippen LogP contribution in [0.5, 0.6) is 11.5 Å². The number of halogens is 1. The molecular formula is C13H16ClN3O2. The number of benzene rings is 1. The van der Waals surface area contributed by atoms with Gasteiger partial charge in [0.25, 0.3) is 0 Å². The molecule has 102 valence electrons. The topological polar surface area (TPSA) is 62.3 Å². The van der Waals surface area contributed by atoms with E-state index in [1.165, 1.54) is 0 Å². The number of nitrogen functional groups attached to an aromatic ring is 1. The van der Waals surface area contributed by atoms with Gasteiger partial charge in [-0.3, -0.25) is 0 Å². The summed E-state index contributed by atoms with van der Waals surface area (Å²) in [6.07, 6.45) is 2.61. The number of nitrogens with two attached hydrogens (primary N) is 1. The van der Waals surface area contributed by atoms with E-state index in [4.69, 9.17) is 26.8 Å². The maximum Gasteiger partial charge on any atom is 0.181 e. The van der Waals surface area contributed by atoms with Crippen molar-refractivity contribution in [1.29, 1.82) is 0 Å². The number of aromatic nitrogens is 2. The van der Waals surface area contributed by atoms with Gasteiger partial charge in [-0.15, -0.1) is 0 Å². The first-order valence-corrected chi connectivity index (χ1v) is 6.41. The van der Waals surface area contributed by atoms with Gasteiger partial charge in [-0.2, -0.15) is 5.10 Å². The van der Waals surface area contributed by atoms with E-state index < -0.39 is 0 Å². The highest BCUT2D eigenvalue weighted by Crippen LogP contribution is 2.19. The molecule has 0 radical (unpaired) electrons. The first-order chi connectivity index (χ1) is 9.19. The molecule has 1 aromatic heterocycles. The number of ether oxygens (including phenoxy) is 2. The van der Waals surface area contributed by atoms with Gasteiger partial charge in [0.1, 0.15) is 16.5 Å². The van der Waals surface area contributed by atoms with Crippen LogP contribution in [0.3, 0.4) is 0 Å². The zero-order chi connectivity index (χ0) is 13.7. The van der Waals surface area contributed by atoms with E-state index in [0.717, 1.165) is 17.9 Å². The molecule has 0 atom stereocenters. The van der Waals surface area contributed by atoms with Gasteiger partial charge in [-0.1, -0.05) is 18.5 Å². The fourth-order valence-electron chi connectivity index (χ4n) is 1.47. The van der Waals surface area contributed by atoms with E-state index >= 15 is 0 Å². The van der Waals surface area contributed by atoms with E-state index in [2.05, 4.69) is 12.0 Å². The third-order valence-corrected chi connectivity index (χ3v) is 2.69. The standard InChI is InChI=1S/C13H16ClN3O2/c1-2-7-18-10-3-5-11(6-4-10)19-9-17-8-12(14)13(15)16-17/h3-6,8H,2,7,9H2,1H3,(H2,15,16). The lowest BCUT2D eigenvalue weighted by Gasteiger charge is -2.08. The van der Waals surface area contributed by atoms with Crippen LogP contribution in [0.15, 0.2) is 30.5 Å². The lowest BCUT2D eigenvalue weighted by Crippen LogP contribution is -2.06. The normalized spacial score (nSPS) is 10.4. The highest BCUT2D eigenvalue weighted by molar-refractivity contribution is 6.32. The summed E-state index contributed by atoms with van der Waals surface area (Å²) in [5, 5.41) is 4.42. The van der Waals surface area contributed by atoms with Gasteiger partial charge in [0, 0.05) is 6.20 Å². The molecule has 0 aliphatic carbocycles. The Kier molecular flexibility index (Phi) is 4.52. The molecule has 1 aromatic carbocycles. The number of hydrogen-bond acceptors (Lipinski definition) is 4. The Morgan fingerprint density at radius 3 is 2.37 bits per heavy atom. The summed E-state index contributed by atoms with van der Waals surface area (Å²) in [5.41, 5.74) is 5.54. The predicted molar refractivity (Wildman–Crippen MR) is 74.5 cm³/mol. The van der Waals surface area contributed by atoms with Crippen molar-refractivity contribution < 1.29 is 9.47 Å². The first-order valence-electron chi connectivity index (χ1n) is 6.03. The zero-order valence-corrected chi connectivity index (χ0v) is 11.4. The van der Waals surface area contributed by atoms with Gasteiger partial charge in [0.2, 0.25) is 0 Å². The molecule has 6 heteroatoms. The Labute approximate surface area is 116 Å². The number of anilines is 1. The molecule has 19 heavy (non-hydrogen) atoms. The Balaban J connectivity index is 1.89. The van der Waals surface area contributed by atoms with Crippen LogP contribution in [0.1, 0.15) is 13.3 Å². The maximum absolute atomic E-state index is 5.80. The van der Waals surface area contributed by atoms with Crippen LogP contribution in [0.4, 0.5) is 5.82 Å². The van der Waals surface area contributed by atoms with Gasteiger partial charge < -0.3 is 15.2 Å². The summed E-state index contributed by atoms with van der Waals surface area (Å²) >= 11 is 5.80. The Hall–Kier alpha value is -1.88. The Morgan fingerprint density at radius 1 is 1.21 bits per heavy atom. The van der Waals surface area contributed by atoms with Crippen molar-refractivity contribution in [2.24, 2.45) is 0 Å². The SMILES string of the molecule is CCCOc1ccc(OCn2cc(Cl)c(N)n2)cc1. The second-order valence-corrected chi connectivity index (χ2v) is 4.40. The zero-order valence-electron chi connectivity index (χ0n) is 10.7. The van der Waals surface area contributed by atoms with Crippen molar-refractivity contribution in [1.82, 2.24) is 9.78 Å². The summed E-state index contributed by atoms with van der Waals surface area (Å²) in [6.45, 7) is 3.04. The van der Waals surface area contributed by atoms with Crippen LogP contribution < -0.4 is 15.2 Å². The monoisotopic (exact) mass is 281 g/mol. The highest BCUT2D eigenvalue weighted by Gasteiger charge is 2.03. The third-order valence-electron chi connectivity index (χ3n) is 2.40. The molecule has 0 bridgehead atoms. The summed E-state index contributed by atoms with van der Waals surface area (Å²) in [7, 11) is 0. The van der Waals surface area contributed by atoms with Gasteiger partial charge >= 0.3 is 0 Å². The van der Waals surface area contributed by atoms with E-state index in [9.17, 15) is 0 Å². The number of hydrogen-bond donors (Lipinski definition) is 1. The summed E-state index contributed by atoms with van der Waals surface area (Å²) in [5.74, 6) is 1.86. The van der Waals surface area contributed by atoms with Crippen molar-refractivity contribution in [2.75, 3.05) is 12.3 Å². The van der Waals surface area contributed by atoms with Gasteiger partial charge in [-0.25, -0.2) is 4.68 Å². The van der Waals surface area contributed by atoms with Crippen molar-refractivity contribution in [3.05, 3.63) is 35.5 Å². The van der Waals surface area contributed by atoms with Crippen molar-refractivity contribution in [3.63, 3.8) is 0 Å². The third kappa shape index (κ3) is 3.79. The van der Waals surface area contributed by atoms with E-state index in [-0.39, 0.29) is 6.73 Å². The molecule has 0 aliphatic heterocycles. The minimum atomic E-state index is 0.256. The van der Waals surface area contributed by atoms with Gasteiger partial charge in [-0.05, 0) is 30.7 Å². The molecule has 2 rings (SSSR count). The molecule has 0 saturated carbocycles. The fraction of sp³-hybridized carbons (Fsp3) is 0.308. The van der Waals surface area contributed by atoms with Crippen molar-refractivity contribution in [2.45, 2.75) is 20.1 Å². The lowest BCUT2D eigenvalue weighted by molar-refractivity contribution is 0.221.